The summed E-state index contributed by atoms with van der Waals surface area (Å²) in [5.74, 6) is -0.862. The van der Waals surface area contributed by atoms with Gasteiger partial charge in [0.05, 0.1) is 36.6 Å². The molecule has 0 rings (SSSR count). The molecule has 0 saturated carbocycles. The quantitative estimate of drug-likeness (QED) is 0.291. The first-order valence-electron chi connectivity index (χ1n) is 8.30. The molecule has 24 heavy (non-hydrogen) atoms. The fraction of sp³-hybridized carbons (Fsp3) is 0.667. The lowest BCUT2D eigenvalue weighted by Crippen LogP contribution is -2.21. The van der Waals surface area contributed by atoms with E-state index in [2.05, 4.69) is 13.2 Å². The van der Waals surface area contributed by atoms with Crippen molar-refractivity contribution in [2.24, 2.45) is 0 Å². The van der Waals surface area contributed by atoms with Gasteiger partial charge in [0.1, 0.15) is 0 Å². The molecule has 0 bridgehead atoms. The van der Waals surface area contributed by atoms with Crippen LogP contribution in [0, 0.1) is 0 Å². The van der Waals surface area contributed by atoms with Crippen LogP contribution >= 0.6 is 0 Å². The topological polar surface area (TPSA) is 71.1 Å². The van der Waals surface area contributed by atoms with Crippen molar-refractivity contribution in [2.45, 2.75) is 52.7 Å². The molecule has 2 unspecified atom stereocenters. The summed E-state index contributed by atoms with van der Waals surface area (Å²) >= 11 is 0. The van der Waals surface area contributed by atoms with Crippen LogP contribution in [0.15, 0.2) is 24.3 Å². The highest BCUT2D eigenvalue weighted by molar-refractivity contribution is 5.89. The predicted molar refractivity (Wildman–Crippen MR) is 91.6 cm³/mol. The highest BCUT2D eigenvalue weighted by atomic mass is 16.5. The zero-order chi connectivity index (χ0) is 18.5. The minimum atomic E-state index is -0.431. The smallest absolute Gasteiger partial charge is 0.336 e. The van der Waals surface area contributed by atoms with Gasteiger partial charge in [-0.25, -0.2) is 9.59 Å². The van der Waals surface area contributed by atoms with Gasteiger partial charge in [-0.15, -0.1) is 0 Å². The van der Waals surface area contributed by atoms with Crippen LogP contribution in [-0.4, -0.2) is 50.6 Å². The molecule has 138 valence electrons. The van der Waals surface area contributed by atoms with Crippen molar-refractivity contribution >= 4 is 11.9 Å². The van der Waals surface area contributed by atoms with Crippen molar-refractivity contribution in [1.29, 1.82) is 0 Å². The number of hydrogen-bond donors (Lipinski definition) is 0. The Bertz CT molecular complexity index is 389. The molecular formula is C18H30O6. The highest BCUT2D eigenvalue weighted by Crippen LogP contribution is 2.09. The molecule has 0 aromatic carbocycles. The van der Waals surface area contributed by atoms with Gasteiger partial charge >= 0.3 is 11.9 Å². The van der Waals surface area contributed by atoms with E-state index in [1.165, 1.54) is 0 Å². The van der Waals surface area contributed by atoms with Crippen molar-refractivity contribution in [3.63, 3.8) is 0 Å². The van der Waals surface area contributed by atoms with E-state index in [9.17, 15) is 9.59 Å². The zero-order valence-corrected chi connectivity index (χ0v) is 15.3. The lowest BCUT2D eigenvalue weighted by molar-refractivity contribution is -0.141. The summed E-state index contributed by atoms with van der Waals surface area (Å²) in [5, 5.41) is 0. The molecule has 0 N–H and O–H groups in total. The van der Waals surface area contributed by atoms with Gasteiger partial charge in [0.25, 0.3) is 0 Å². The molecular weight excluding hydrogens is 312 g/mol. The minimum Gasteiger partial charge on any atom is -0.463 e. The first-order valence-corrected chi connectivity index (χ1v) is 8.30. The molecule has 0 aliphatic carbocycles. The van der Waals surface area contributed by atoms with Gasteiger partial charge in [0.2, 0.25) is 0 Å². The van der Waals surface area contributed by atoms with Crippen molar-refractivity contribution in [3.8, 4) is 0 Å². The van der Waals surface area contributed by atoms with E-state index in [4.69, 9.17) is 18.9 Å². The normalized spacial score (nSPS) is 13.0. The maximum atomic E-state index is 11.5. The molecule has 0 saturated heterocycles. The molecule has 0 radical (unpaired) electrons. The van der Waals surface area contributed by atoms with Gasteiger partial charge in [0, 0.05) is 13.2 Å². The van der Waals surface area contributed by atoms with Crippen molar-refractivity contribution in [2.75, 3.05) is 26.4 Å². The van der Waals surface area contributed by atoms with Crippen molar-refractivity contribution in [1.82, 2.24) is 0 Å². The number of ether oxygens (including phenoxy) is 4. The number of rotatable bonds is 13. The van der Waals surface area contributed by atoms with Crippen molar-refractivity contribution < 1.29 is 28.5 Å². The number of carbonyl (C=O) groups excluding carboxylic acids is 2. The molecule has 0 fully saturated rings. The standard InChI is InChI=1S/C18H30O6/c1-7-21-17(19)13(3)15(5)23-11-9-10-12-24-16(6)14(4)18(20)22-8-2/h15-16H,3-4,7-12H2,1-2,5-6H3. The zero-order valence-electron chi connectivity index (χ0n) is 15.3. The van der Waals surface area contributed by atoms with Crippen LogP contribution in [0.1, 0.15) is 40.5 Å². The van der Waals surface area contributed by atoms with Crippen LogP contribution in [-0.2, 0) is 28.5 Å². The van der Waals surface area contributed by atoms with Crippen LogP contribution in [0.2, 0.25) is 0 Å². The summed E-state index contributed by atoms with van der Waals surface area (Å²) in [7, 11) is 0. The molecule has 0 aromatic rings. The van der Waals surface area contributed by atoms with E-state index >= 15 is 0 Å². The second-order valence-corrected chi connectivity index (χ2v) is 5.22. The second-order valence-electron chi connectivity index (χ2n) is 5.22. The van der Waals surface area contributed by atoms with E-state index < -0.39 is 11.9 Å². The van der Waals surface area contributed by atoms with Gasteiger partial charge in [0.15, 0.2) is 0 Å². The van der Waals surface area contributed by atoms with E-state index in [0.717, 1.165) is 12.8 Å². The van der Waals surface area contributed by atoms with Gasteiger partial charge in [-0.3, -0.25) is 0 Å². The van der Waals surface area contributed by atoms with E-state index in [1.807, 2.05) is 0 Å². The number of esters is 2. The summed E-state index contributed by atoms with van der Waals surface area (Å²) in [6, 6.07) is 0. The second kappa shape index (κ2) is 12.7. The molecule has 0 heterocycles. The third-order valence-corrected chi connectivity index (χ3v) is 3.33. The Hall–Kier alpha value is -1.66. The molecule has 0 amide bonds. The molecule has 2 atom stereocenters. The maximum Gasteiger partial charge on any atom is 0.336 e. The van der Waals surface area contributed by atoms with E-state index in [-0.39, 0.29) is 12.2 Å². The minimum absolute atomic E-state index is 0.312. The van der Waals surface area contributed by atoms with E-state index in [1.54, 1.807) is 27.7 Å². The van der Waals surface area contributed by atoms with Gasteiger partial charge in [-0.05, 0) is 40.5 Å². The Balaban J connectivity index is 3.83. The van der Waals surface area contributed by atoms with Crippen LogP contribution in [0.25, 0.3) is 0 Å². The molecule has 0 aliphatic heterocycles. The Morgan fingerprint density at radius 2 is 1.12 bits per heavy atom. The largest absolute Gasteiger partial charge is 0.463 e. The van der Waals surface area contributed by atoms with Gasteiger partial charge < -0.3 is 18.9 Å². The van der Waals surface area contributed by atoms with Crippen LogP contribution in [0.4, 0.5) is 0 Å². The Kier molecular flexibility index (Phi) is 11.8. The van der Waals surface area contributed by atoms with Crippen LogP contribution in [0.5, 0.6) is 0 Å². The molecule has 6 heteroatoms. The third kappa shape index (κ3) is 8.84. The first kappa shape index (κ1) is 22.3. The Morgan fingerprint density at radius 3 is 1.42 bits per heavy atom. The fourth-order valence-electron chi connectivity index (χ4n) is 1.71. The molecule has 0 aliphatic rings. The fourth-order valence-corrected chi connectivity index (χ4v) is 1.71. The number of unbranched alkanes of at least 4 members (excludes halogenated alkanes) is 1. The van der Waals surface area contributed by atoms with Gasteiger partial charge in [-0.2, -0.15) is 0 Å². The highest BCUT2D eigenvalue weighted by Gasteiger charge is 2.17. The maximum absolute atomic E-state index is 11.5. The Labute approximate surface area is 144 Å². The van der Waals surface area contributed by atoms with Crippen molar-refractivity contribution in [3.05, 3.63) is 24.3 Å². The lowest BCUT2D eigenvalue weighted by Gasteiger charge is -2.16. The summed E-state index contributed by atoms with van der Waals surface area (Å²) in [4.78, 5) is 23.0. The molecule has 6 nitrogen and oxygen atoms in total. The number of hydrogen-bond acceptors (Lipinski definition) is 6. The summed E-state index contributed by atoms with van der Waals surface area (Å²) in [6.07, 6.45) is 0.762. The first-order chi connectivity index (χ1) is 11.3. The molecule has 0 aromatic heterocycles. The average molecular weight is 342 g/mol. The van der Waals surface area contributed by atoms with E-state index in [0.29, 0.717) is 37.6 Å². The van der Waals surface area contributed by atoms with Crippen LogP contribution in [0.3, 0.4) is 0 Å². The third-order valence-electron chi connectivity index (χ3n) is 3.33. The summed E-state index contributed by atoms with van der Waals surface area (Å²) in [6.45, 7) is 16.0. The summed E-state index contributed by atoms with van der Waals surface area (Å²) < 4.78 is 20.8. The Morgan fingerprint density at radius 1 is 0.792 bits per heavy atom. The van der Waals surface area contributed by atoms with Crippen LogP contribution < -0.4 is 0 Å². The average Bonchev–Trinajstić information content (AvgIpc) is 2.56. The SMILES string of the molecule is C=C(C(=O)OCC)C(C)OCCCCOC(C)C(=C)C(=O)OCC. The summed E-state index contributed by atoms with van der Waals surface area (Å²) in [5.41, 5.74) is 0.625. The van der Waals surface area contributed by atoms with Gasteiger partial charge in [-0.1, -0.05) is 13.2 Å². The monoisotopic (exact) mass is 342 g/mol. The predicted octanol–water partition coefficient (Wildman–Crippen LogP) is 2.82. The number of carbonyl (C=O) groups is 2. The molecule has 0 spiro atoms. The lowest BCUT2D eigenvalue weighted by atomic mass is 10.2.